The molecule has 5 rings (SSSR count). The van der Waals surface area contributed by atoms with E-state index >= 15 is 0 Å². The monoisotopic (exact) mass is 528 g/mol. The molecule has 0 aromatic heterocycles. The van der Waals surface area contributed by atoms with E-state index in [9.17, 15) is 13.2 Å². The molecule has 0 bridgehead atoms. The molecule has 0 radical (unpaired) electrons. The molecule has 0 aliphatic carbocycles. The molecule has 1 heterocycles. The highest BCUT2D eigenvalue weighted by molar-refractivity contribution is 7.92. The Morgan fingerprint density at radius 1 is 0.974 bits per heavy atom. The van der Waals surface area contributed by atoms with Gasteiger partial charge >= 0.3 is 0 Å². The summed E-state index contributed by atoms with van der Waals surface area (Å²) >= 11 is 0. The van der Waals surface area contributed by atoms with Crippen LogP contribution in [0.1, 0.15) is 21.5 Å². The first kappa shape index (κ1) is 25.2. The number of hydrogen-bond donors (Lipinski definition) is 3. The SMILES string of the molecule is COc1ccc(S(=O)(=O)N2CCc3cc(CNc4ccc(C(=O)Nc5ccccc5N)cc4)ccc32)cc1. The molecular weight excluding hydrogens is 500 g/mol. The Hall–Kier alpha value is -4.50. The van der Waals surface area contributed by atoms with Gasteiger partial charge in [-0.15, -0.1) is 0 Å². The molecular formula is C29H28N4O4S. The van der Waals surface area contributed by atoms with Gasteiger partial charge in [-0.25, -0.2) is 8.42 Å². The summed E-state index contributed by atoms with van der Waals surface area (Å²) in [6.45, 7) is 0.962. The van der Waals surface area contributed by atoms with Crippen LogP contribution >= 0.6 is 0 Å². The molecule has 0 fully saturated rings. The van der Waals surface area contributed by atoms with Crippen molar-refractivity contribution in [1.82, 2.24) is 0 Å². The minimum absolute atomic E-state index is 0.234. The van der Waals surface area contributed by atoms with Gasteiger partial charge in [0.1, 0.15) is 5.75 Å². The average molecular weight is 529 g/mol. The normalized spacial score (nSPS) is 12.6. The van der Waals surface area contributed by atoms with Crippen molar-refractivity contribution in [3.05, 3.63) is 108 Å². The minimum atomic E-state index is -3.66. The summed E-state index contributed by atoms with van der Waals surface area (Å²) in [6.07, 6.45) is 0.647. The fourth-order valence-electron chi connectivity index (χ4n) is 4.41. The van der Waals surface area contributed by atoms with Crippen molar-refractivity contribution < 1.29 is 17.9 Å². The number of benzene rings is 4. The van der Waals surface area contributed by atoms with Gasteiger partial charge in [-0.1, -0.05) is 24.3 Å². The maximum Gasteiger partial charge on any atom is 0.264 e. The summed E-state index contributed by atoms with van der Waals surface area (Å²) in [5.74, 6) is 0.375. The molecule has 1 aliphatic rings. The fraction of sp³-hybridized carbons (Fsp3) is 0.138. The van der Waals surface area contributed by atoms with Crippen LogP contribution in [0.5, 0.6) is 5.75 Å². The van der Waals surface area contributed by atoms with E-state index in [2.05, 4.69) is 10.6 Å². The lowest BCUT2D eigenvalue weighted by atomic mass is 10.1. The number of nitrogen functional groups attached to an aromatic ring is 1. The van der Waals surface area contributed by atoms with Crippen LogP contribution in [-0.4, -0.2) is 28.0 Å². The van der Waals surface area contributed by atoms with Gasteiger partial charge in [0, 0.05) is 24.3 Å². The number of sulfonamides is 1. The zero-order valence-corrected chi connectivity index (χ0v) is 21.7. The first-order valence-corrected chi connectivity index (χ1v) is 13.6. The Balaban J connectivity index is 1.22. The first-order valence-electron chi connectivity index (χ1n) is 12.1. The summed E-state index contributed by atoms with van der Waals surface area (Å²) < 4.78 is 33.1. The zero-order valence-electron chi connectivity index (χ0n) is 20.8. The smallest absolute Gasteiger partial charge is 0.264 e. The highest BCUT2D eigenvalue weighted by Crippen LogP contribution is 2.34. The number of methoxy groups -OCH3 is 1. The Kier molecular flexibility index (Phi) is 6.93. The Bertz CT molecular complexity index is 1570. The number of rotatable bonds is 8. The second-order valence-corrected chi connectivity index (χ2v) is 10.8. The molecule has 0 spiro atoms. The molecule has 4 N–H and O–H groups in total. The second-order valence-electron chi connectivity index (χ2n) is 8.94. The van der Waals surface area contributed by atoms with E-state index in [4.69, 9.17) is 10.5 Å². The maximum atomic E-state index is 13.2. The van der Waals surface area contributed by atoms with E-state index in [-0.39, 0.29) is 10.8 Å². The van der Waals surface area contributed by atoms with Crippen molar-refractivity contribution in [3.8, 4) is 5.75 Å². The predicted octanol–water partition coefficient (Wildman–Crippen LogP) is 4.89. The zero-order chi connectivity index (χ0) is 26.7. The molecule has 8 nitrogen and oxygen atoms in total. The largest absolute Gasteiger partial charge is 0.497 e. The second kappa shape index (κ2) is 10.5. The van der Waals surface area contributed by atoms with E-state index in [0.29, 0.717) is 47.9 Å². The number of nitrogens with zero attached hydrogens (tertiary/aromatic N) is 1. The molecule has 1 amide bonds. The summed E-state index contributed by atoms with van der Waals surface area (Å²) in [5.41, 5.74) is 11.1. The topological polar surface area (TPSA) is 114 Å². The number of fused-ring (bicyclic) bond motifs is 1. The van der Waals surface area contributed by atoms with Gasteiger partial charge in [-0.2, -0.15) is 0 Å². The van der Waals surface area contributed by atoms with Crippen LogP contribution in [0.2, 0.25) is 0 Å². The van der Waals surface area contributed by atoms with Crippen LogP contribution in [0, 0.1) is 0 Å². The maximum absolute atomic E-state index is 13.2. The predicted molar refractivity (Wildman–Crippen MR) is 150 cm³/mol. The van der Waals surface area contributed by atoms with Crippen molar-refractivity contribution in [2.75, 3.05) is 34.3 Å². The third-order valence-electron chi connectivity index (χ3n) is 6.50. The lowest BCUT2D eigenvalue weighted by molar-refractivity contribution is 0.102. The Morgan fingerprint density at radius 3 is 2.42 bits per heavy atom. The highest BCUT2D eigenvalue weighted by Gasteiger charge is 2.31. The van der Waals surface area contributed by atoms with E-state index in [1.165, 1.54) is 4.31 Å². The standard InChI is InChI=1S/C29H28N4O4S/c1-37-24-11-13-25(14-12-24)38(35,36)33-17-16-22-18-20(6-15-28(22)33)19-31-23-9-7-21(8-10-23)29(34)32-27-5-3-2-4-26(27)30/h2-15,18,31H,16-17,19,30H2,1H3,(H,32,34). The van der Waals surface area contributed by atoms with Crippen LogP contribution < -0.4 is 25.4 Å². The minimum Gasteiger partial charge on any atom is -0.497 e. The fourth-order valence-corrected chi connectivity index (χ4v) is 5.91. The van der Waals surface area contributed by atoms with E-state index < -0.39 is 10.0 Å². The van der Waals surface area contributed by atoms with Gasteiger partial charge in [0.05, 0.1) is 29.1 Å². The average Bonchev–Trinajstić information content (AvgIpc) is 3.38. The van der Waals surface area contributed by atoms with Crippen molar-refractivity contribution in [3.63, 3.8) is 0 Å². The van der Waals surface area contributed by atoms with Gasteiger partial charge in [0.25, 0.3) is 15.9 Å². The van der Waals surface area contributed by atoms with Gasteiger partial charge in [0.15, 0.2) is 0 Å². The van der Waals surface area contributed by atoms with Crippen LogP contribution in [0.15, 0.2) is 95.9 Å². The summed E-state index contributed by atoms with van der Waals surface area (Å²) in [7, 11) is -2.11. The van der Waals surface area contributed by atoms with Crippen molar-refractivity contribution in [2.24, 2.45) is 0 Å². The third-order valence-corrected chi connectivity index (χ3v) is 8.32. The van der Waals surface area contributed by atoms with Crippen molar-refractivity contribution >= 4 is 38.7 Å². The van der Waals surface area contributed by atoms with E-state index in [0.717, 1.165) is 16.8 Å². The number of carbonyl (C=O) groups excluding carboxylic acids is 1. The number of nitrogens with two attached hydrogens (primary N) is 1. The summed E-state index contributed by atoms with van der Waals surface area (Å²) in [4.78, 5) is 12.8. The molecule has 38 heavy (non-hydrogen) atoms. The molecule has 0 saturated carbocycles. The van der Waals surface area contributed by atoms with E-state index in [1.807, 2.05) is 42.5 Å². The van der Waals surface area contributed by atoms with Crippen molar-refractivity contribution in [2.45, 2.75) is 17.9 Å². The van der Waals surface area contributed by atoms with Crippen LogP contribution in [0.3, 0.4) is 0 Å². The molecule has 9 heteroatoms. The van der Waals surface area contributed by atoms with E-state index in [1.54, 1.807) is 55.6 Å². The van der Waals surface area contributed by atoms with Crippen LogP contribution in [-0.2, 0) is 23.0 Å². The molecule has 4 aromatic carbocycles. The van der Waals surface area contributed by atoms with Crippen LogP contribution in [0.25, 0.3) is 0 Å². The number of amides is 1. The van der Waals surface area contributed by atoms with Crippen LogP contribution in [0.4, 0.5) is 22.7 Å². The molecule has 0 saturated heterocycles. The molecule has 1 aliphatic heterocycles. The highest BCUT2D eigenvalue weighted by atomic mass is 32.2. The molecule has 0 unspecified atom stereocenters. The molecule has 0 atom stereocenters. The quantitative estimate of drug-likeness (QED) is 0.281. The number of carbonyl (C=O) groups is 1. The number of para-hydroxylation sites is 2. The number of nitrogens with one attached hydrogen (secondary N) is 2. The van der Waals surface area contributed by atoms with Gasteiger partial charge in [-0.3, -0.25) is 9.10 Å². The summed E-state index contributed by atoms with van der Waals surface area (Å²) in [5, 5.41) is 6.18. The summed E-state index contributed by atoms with van der Waals surface area (Å²) in [6, 6.07) is 26.6. The van der Waals surface area contributed by atoms with Gasteiger partial charge < -0.3 is 21.1 Å². The lowest BCUT2D eigenvalue weighted by Gasteiger charge is -2.20. The number of ether oxygens (including phenoxy) is 1. The Morgan fingerprint density at radius 2 is 1.71 bits per heavy atom. The number of anilines is 4. The Labute approximate surface area is 222 Å². The van der Waals surface area contributed by atoms with Gasteiger partial charge in [-0.05, 0) is 84.3 Å². The molecule has 194 valence electrons. The first-order chi connectivity index (χ1) is 18.3. The lowest BCUT2D eigenvalue weighted by Crippen LogP contribution is -2.29. The third kappa shape index (κ3) is 5.14. The molecule has 4 aromatic rings. The van der Waals surface area contributed by atoms with Crippen molar-refractivity contribution in [1.29, 1.82) is 0 Å². The number of hydrogen-bond acceptors (Lipinski definition) is 6. The van der Waals surface area contributed by atoms with Gasteiger partial charge in [0.2, 0.25) is 0 Å².